The molecule has 4 aromatic rings. The lowest BCUT2D eigenvalue weighted by atomic mass is 10.00. The summed E-state index contributed by atoms with van der Waals surface area (Å²) in [6, 6.07) is 8.86. The van der Waals surface area contributed by atoms with Crippen LogP contribution in [-0.2, 0) is 4.79 Å². The number of hydrogen-bond acceptors (Lipinski definition) is 6. The van der Waals surface area contributed by atoms with Crippen LogP contribution in [0.3, 0.4) is 0 Å². The van der Waals surface area contributed by atoms with Crippen molar-refractivity contribution in [3.63, 3.8) is 0 Å². The van der Waals surface area contributed by atoms with Crippen LogP contribution in [0.25, 0.3) is 16.3 Å². The summed E-state index contributed by atoms with van der Waals surface area (Å²) in [7, 11) is 0. The zero-order chi connectivity index (χ0) is 22.6. The number of hydrogen-bond donors (Lipinski definition) is 0. The maximum Gasteiger partial charge on any atom is 0.264 e. The molecule has 11 heteroatoms. The second-order valence-corrected chi connectivity index (χ2v) is 10.2. The van der Waals surface area contributed by atoms with Gasteiger partial charge in [-0.2, -0.15) is 15.2 Å². The first-order valence-corrected chi connectivity index (χ1v) is 12.3. The average Bonchev–Trinajstić information content (AvgIpc) is 3.50. The Morgan fingerprint density at radius 1 is 1.03 bits per heavy atom. The van der Waals surface area contributed by atoms with Crippen LogP contribution in [0.5, 0.6) is 0 Å². The standard InChI is InChI=1S/C21H14Cl3N5OS2/c1-10-7-17(28(26-10)16-4-3-12(22)8-14(16)24)18-11(2)27-29(20(18)30)21-25-15(9-32-21)19-13(23)5-6-31-19/h3-9,18H,1-2H3. The summed E-state index contributed by atoms with van der Waals surface area (Å²) in [5, 5.41) is 16.3. The number of thiazole rings is 1. The summed E-state index contributed by atoms with van der Waals surface area (Å²) in [5.74, 6) is -0.812. The Morgan fingerprint density at radius 2 is 1.84 bits per heavy atom. The van der Waals surface area contributed by atoms with Crippen LogP contribution in [0.1, 0.15) is 24.2 Å². The van der Waals surface area contributed by atoms with E-state index in [-0.39, 0.29) is 5.91 Å². The molecule has 3 aromatic heterocycles. The third kappa shape index (κ3) is 3.66. The molecule has 6 nitrogen and oxygen atoms in total. The highest BCUT2D eigenvalue weighted by molar-refractivity contribution is 7.16. The van der Waals surface area contributed by atoms with Crippen LogP contribution in [0.4, 0.5) is 5.13 Å². The van der Waals surface area contributed by atoms with E-state index in [9.17, 15) is 4.79 Å². The zero-order valence-electron chi connectivity index (χ0n) is 16.7. The normalized spacial score (nSPS) is 16.2. The highest BCUT2D eigenvalue weighted by Crippen LogP contribution is 2.39. The predicted octanol–water partition coefficient (Wildman–Crippen LogP) is 6.83. The lowest BCUT2D eigenvalue weighted by Crippen LogP contribution is -2.27. The van der Waals surface area contributed by atoms with E-state index in [1.807, 2.05) is 36.7 Å². The van der Waals surface area contributed by atoms with Gasteiger partial charge >= 0.3 is 0 Å². The highest BCUT2D eigenvalue weighted by atomic mass is 35.5. The highest BCUT2D eigenvalue weighted by Gasteiger charge is 2.39. The SMILES string of the molecule is CC1=NN(c2nc(-c3sccc3Cl)cs2)C(=O)C1c1cc(C)nn1-c1ccc(Cl)cc1Cl. The summed E-state index contributed by atoms with van der Waals surface area (Å²) in [5.41, 5.74) is 3.45. The molecule has 5 rings (SSSR count). The predicted molar refractivity (Wildman–Crippen MR) is 132 cm³/mol. The summed E-state index contributed by atoms with van der Waals surface area (Å²) >= 11 is 21.6. The quantitative estimate of drug-likeness (QED) is 0.295. The molecule has 1 unspecified atom stereocenters. The topological polar surface area (TPSA) is 63.4 Å². The largest absolute Gasteiger partial charge is 0.271 e. The molecule has 32 heavy (non-hydrogen) atoms. The number of aromatic nitrogens is 3. The van der Waals surface area contributed by atoms with Gasteiger partial charge in [-0.1, -0.05) is 34.8 Å². The lowest BCUT2D eigenvalue weighted by molar-refractivity contribution is -0.118. The van der Waals surface area contributed by atoms with Crippen LogP contribution >= 0.6 is 57.5 Å². The number of carbonyl (C=O) groups excluding carboxylic acids is 1. The van der Waals surface area contributed by atoms with E-state index in [0.29, 0.717) is 37.3 Å². The van der Waals surface area contributed by atoms with Crippen molar-refractivity contribution in [2.45, 2.75) is 19.8 Å². The summed E-state index contributed by atoms with van der Waals surface area (Å²) in [6.07, 6.45) is 0. The smallest absolute Gasteiger partial charge is 0.264 e. The van der Waals surface area contributed by atoms with Crippen molar-refractivity contribution in [2.75, 3.05) is 5.01 Å². The summed E-state index contributed by atoms with van der Waals surface area (Å²) < 4.78 is 1.68. The number of hydrazone groups is 1. The molecule has 1 aliphatic heterocycles. The fraction of sp³-hybridized carbons (Fsp3) is 0.143. The van der Waals surface area contributed by atoms with Gasteiger partial charge in [0.1, 0.15) is 5.92 Å². The maximum absolute atomic E-state index is 13.5. The molecule has 0 N–H and O–H groups in total. The second kappa shape index (κ2) is 8.28. The van der Waals surface area contributed by atoms with Crippen LogP contribution in [-0.4, -0.2) is 26.4 Å². The van der Waals surface area contributed by atoms with E-state index >= 15 is 0 Å². The van der Waals surface area contributed by atoms with Crippen molar-refractivity contribution in [3.8, 4) is 16.3 Å². The number of rotatable bonds is 4. The van der Waals surface area contributed by atoms with Crippen molar-refractivity contribution in [2.24, 2.45) is 5.10 Å². The maximum atomic E-state index is 13.5. The van der Waals surface area contributed by atoms with Gasteiger partial charge < -0.3 is 0 Å². The zero-order valence-corrected chi connectivity index (χ0v) is 20.6. The molecule has 0 bridgehead atoms. The molecule has 1 atom stereocenters. The van der Waals surface area contributed by atoms with Crippen LogP contribution < -0.4 is 5.01 Å². The van der Waals surface area contributed by atoms with Gasteiger partial charge in [-0.15, -0.1) is 22.7 Å². The van der Waals surface area contributed by atoms with Gasteiger partial charge in [0.25, 0.3) is 5.91 Å². The molecule has 0 saturated heterocycles. The fourth-order valence-corrected chi connectivity index (χ4v) is 6.00. The Kier molecular flexibility index (Phi) is 5.59. The van der Waals surface area contributed by atoms with Crippen LogP contribution in [0, 0.1) is 6.92 Å². The van der Waals surface area contributed by atoms with Gasteiger partial charge in [0.2, 0.25) is 5.13 Å². The minimum Gasteiger partial charge on any atom is -0.271 e. The molecule has 0 aliphatic carbocycles. The van der Waals surface area contributed by atoms with Crippen LogP contribution in [0.2, 0.25) is 15.1 Å². The fourth-order valence-electron chi connectivity index (χ4n) is 3.56. The number of nitrogens with zero attached hydrogens (tertiary/aromatic N) is 5. The number of anilines is 1. The first-order valence-electron chi connectivity index (χ1n) is 9.43. The Morgan fingerprint density at radius 3 is 2.56 bits per heavy atom. The van der Waals surface area contributed by atoms with E-state index in [2.05, 4.69) is 15.2 Å². The van der Waals surface area contributed by atoms with Gasteiger partial charge in [0.15, 0.2) is 0 Å². The summed E-state index contributed by atoms with van der Waals surface area (Å²) in [6.45, 7) is 3.69. The van der Waals surface area contributed by atoms with Crippen LogP contribution in [0.15, 0.2) is 46.2 Å². The number of carbonyl (C=O) groups is 1. The molecule has 1 aliphatic rings. The van der Waals surface area contributed by atoms with Crippen molar-refractivity contribution in [3.05, 3.63) is 67.5 Å². The number of amides is 1. The van der Waals surface area contributed by atoms with Crippen molar-refractivity contribution in [1.82, 2.24) is 14.8 Å². The molecule has 4 heterocycles. The molecule has 0 saturated carbocycles. The molecule has 1 aromatic carbocycles. The number of halogens is 3. The second-order valence-electron chi connectivity index (χ2n) is 7.16. The van der Waals surface area contributed by atoms with Gasteiger partial charge in [0, 0.05) is 10.4 Å². The molecule has 1 amide bonds. The molecule has 0 fully saturated rings. The third-order valence-corrected chi connectivity index (χ3v) is 7.66. The van der Waals surface area contributed by atoms with E-state index in [0.717, 1.165) is 16.3 Å². The van der Waals surface area contributed by atoms with Crippen molar-refractivity contribution < 1.29 is 4.79 Å². The number of thiophene rings is 1. The number of aryl methyl sites for hydroxylation is 1. The van der Waals surface area contributed by atoms with Gasteiger partial charge in [0.05, 0.1) is 43.4 Å². The molecular weight excluding hydrogens is 509 g/mol. The Bertz CT molecular complexity index is 1390. The lowest BCUT2D eigenvalue weighted by Gasteiger charge is -2.15. The average molecular weight is 523 g/mol. The minimum absolute atomic E-state index is 0.202. The monoisotopic (exact) mass is 521 g/mol. The Hall–Kier alpha value is -2.23. The van der Waals surface area contributed by atoms with Gasteiger partial charge in [-0.25, -0.2) is 9.67 Å². The first-order chi connectivity index (χ1) is 15.3. The van der Waals surface area contributed by atoms with Gasteiger partial charge in [-0.3, -0.25) is 4.79 Å². The first kappa shape index (κ1) is 21.6. The molecule has 162 valence electrons. The van der Waals surface area contributed by atoms with Crippen molar-refractivity contribution >= 4 is 74.2 Å². The summed E-state index contributed by atoms with van der Waals surface area (Å²) in [4.78, 5) is 18.9. The van der Waals surface area contributed by atoms with E-state index in [1.165, 1.54) is 27.7 Å². The van der Waals surface area contributed by atoms with E-state index < -0.39 is 5.92 Å². The Balaban J connectivity index is 1.51. The van der Waals surface area contributed by atoms with E-state index in [1.54, 1.807) is 22.9 Å². The van der Waals surface area contributed by atoms with E-state index in [4.69, 9.17) is 34.8 Å². The minimum atomic E-state index is -0.611. The van der Waals surface area contributed by atoms with Gasteiger partial charge in [-0.05, 0) is 49.6 Å². The van der Waals surface area contributed by atoms with Crippen molar-refractivity contribution in [1.29, 1.82) is 0 Å². The Labute approximate surface area is 206 Å². The molecule has 0 spiro atoms. The third-order valence-electron chi connectivity index (χ3n) is 4.95. The number of benzene rings is 1. The molecular formula is C21H14Cl3N5OS2. The molecule has 0 radical (unpaired) electrons.